The number of methoxy groups -OCH3 is 1. The zero-order valence-electron chi connectivity index (χ0n) is 5.63. The summed E-state index contributed by atoms with van der Waals surface area (Å²) in [5, 5.41) is 9.06. The van der Waals surface area contributed by atoms with E-state index in [1.165, 1.54) is 13.2 Å². The normalized spacial score (nSPS) is 9.64. The van der Waals surface area contributed by atoms with Crippen LogP contribution in [0.25, 0.3) is 0 Å². The van der Waals surface area contributed by atoms with Crippen molar-refractivity contribution < 1.29 is 14.6 Å². The molecule has 0 fully saturated rings. The summed E-state index contributed by atoms with van der Waals surface area (Å²) >= 11 is 6.51. The van der Waals surface area contributed by atoms with Gasteiger partial charge in [-0.05, 0) is 0 Å². The molecule has 3 nitrogen and oxygen atoms in total. The molecule has 0 spiro atoms. The van der Waals surface area contributed by atoms with Gasteiger partial charge in [-0.2, -0.15) is 0 Å². The van der Waals surface area contributed by atoms with Crippen LogP contribution in [0.3, 0.4) is 0 Å². The molecule has 0 saturated carbocycles. The van der Waals surface area contributed by atoms with E-state index in [4.69, 9.17) is 16.7 Å². The van der Waals surface area contributed by atoms with Crippen LogP contribution in [0.1, 0.15) is 9.67 Å². The van der Waals surface area contributed by atoms with Crippen molar-refractivity contribution in [3.05, 3.63) is 15.3 Å². The minimum absolute atomic E-state index is 0.133. The molecule has 60 valence electrons. The summed E-state index contributed by atoms with van der Waals surface area (Å²) in [5.74, 6) is -0.703. The van der Waals surface area contributed by atoms with Crippen LogP contribution >= 0.6 is 22.9 Å². The maximum Gasteiger partial charge on any atom is 0.351 e. The van der Waals surface area contributed by atoms with E-state index in [0.717, 1.165) is 11.3 Å². The van der Waals surface area contributed by atoms with Crippen molar-refractivity contribution in [1.82, 2.24) is 0 Å². The molecule has 1 aromatic rings. The molecule has 0 aliphatic carbocycles. The molecule has 0 saturated heterocycles. The minimum atomic E-state index is -0.570. The number of hydrogen-bond donors (Lipinski definition) is 1. The third kappa shape index (κ3) is 1.64. The van der Waals surface area contributed by atoms with Crippen LogP contribution in [0.5, 0.6) is 5.75 Å². The van der Waals surface area contributed by atoms with Crippen LogP contribution < -0.4 is 0 Å². The number of esters is 1. The molecule has 0 aliphatic heterocycles. The Kier molecular flexibility index (Phi) is 2.36. The van der Waals surface area contributed by atoms with Crippen molar-refractivity contribution in [3.63, 3.8) is 0 Å². The van der Waals surface area contributed by atoms with Gasteiger partial charge in [0.05, 0.1) is 11.4 Å². The number of thiophene rings is 1. The van der Waals surface area contributed by atoms with Gasteiger partial charge in [-0.1, -0.05) is 11.6 Å². The van der Waals surface area contributed by atoms with Crippen LogP contribution in [-0.2, 0) is 4.74 Å². The summed E-state index contributed by atoms with van der Waals surface area (Å²) in [6, 6.07) is 1.30. The molecular weight excluding hydrogens is 188 g/mol. The fraction of sp³-hybridized carbons (Fsp3) is 0.167. The Bertz CT molecular complexity index is 281. The van der Waals surface area contributed by atoms with Crippen LogP contribution in [-0.4, -0.2) is 18.2 Å². The third-order valence-electron chi connectivity index (χ3n) is 1.05. The second kappa shape index (κ2) is 3.11. The number of hydrogen-bond acceptors (Lipinski definition) is 4. The van der Waals surface area contributed by atoms with Gasteiger partial charge in [0.1, 0.15) is 5.75 Å². The number of aromatic hydroxyl groups is 1. The van der Waals surface area contributed by atoms with Gasteiger partial charge in [0.25, 0.3) is 0 Å². The maximum absolute atomic E-state index is 10.8. The highest BCUT2D eigenvalue weighted by Crippen LogP contribution is 2.31. The maximum atomic E-state index is 10.8. The Labute approximate surface area is 72.2 Å². The minimum Gasteiger partial charge on any atom is -0.506 e. The second-order valence-electron chi connectivity index (χ2n) is 1.76. The van der Waals surface area contributed by atoms with E-state index < -0.39 is 5.97 Å². The first-order valence-corrected chi connectivity index (χ1v) is 3.91. The zero-order valence-corrected chi connectivity index (χ0v) is 7.20. The SMILES string of the molecule is COC(=O)c1sc(Cl)cc1O. The van der Waals surface area contributed by atoms with Crippen molar-refractivity contribution in [2.24, 2.45) is 0 Å². The summed E-state index contributed by atoms with van der Waals surface area (Å²) in [7, 11) is 1.25. The van der Waals surface area contributed by atoms with E-state index in [0.29, 0.717) is 4.34 Å². The van der Waals surface area contributed by atoms with E-state index in [1.807, 2.05) is 0 Å². The smallest absolute Gasteiger partial charge is 0.351 e. The lowest BCUT2D eigenvalue weighted by molar-refractivity contribution is 0.0603. The van der Waals surface area contributed by atoms with Gasteiger partial charge in [0, 0.05) is 6.07 Å². The molecule has 0 atom stereocenters. The van der Waals surface area contributed by atoms with Crippen molar-refractivity contribution in [2.75, 3.05) is 7.11 Å². The Morgan fingerprint density at radius 1 is 1.82 bits per heavy atom. The largest absolute Gasteiger partial charge is 0.506 e. The Morgan fingerprint density at radius 3 is 2.82 bits per heavy atom. The number of carbonyl (C=O) groups excluding carboxylic acids is 1. The third-order valence-corrected chi connectivity index (χ3v) is 2.29. The zero-order chi connectivity index (χ0) is 8.43. The lowest BCUT2D eigenvalue weighted by Crippen LogP contribution is -1.97. The average molecular weight is 193 g/mol. The van der Waals surface area contributed by atoms with Gasteiger partial charge in [-0.15, -0.1) is 11.3 Å². The molecule has 1 heterocycles. The van der Waals surface area contributed by atoms with E-state index in [-0.39, 0.29) is 10.6 Å². The van der Waals surface area contributed by atoms with Crippen molar-refractivity contribution in [2.45, 2.75) is 0 Å². The topological polar surface area (TPSA) is 46.5 Å². The highest BCUT2D eigenvalue weighted by atomic mass is 35.5. The predicted octanol–water partition coefficient (Wildman–Crippen LogP) is 1.89. The molecule has 0 unspecified atom stereocenters. The summed E-state index contributed by atoms with van der Waals surface area (Å²) in [4.78, 5) is 11.0. The van der Waals surface area contributed by atoms with Crippen LogP contribution in [0, 0.1) is 0 Å². The van der Waals surface area contributed by atoms with E-state index in [1.54, 1.807) is 0 Å². The first-order chi connectivity index (χ1) is 5.15. The average Bonchev–Trinajstić information content (AvgIpc) is 2.28. The fourth-order valence-corrected chi connectivity index (χ4v) is 1.62. The Morgan fingerprint density at radius 2 is 2.45 bits per heavy atom. The molecule has 0 amide bonds. The lowest BCUT2D eigenvalue weighted by Gasteiger charge is -1.93. The van der Waals surface area contributed by atoms with Crippen molar-refractivity contribution >= 4 is 28.9 Å². The molecule has 1 aromatic heterocycles. The number of halogens is 1. The number of rotatable bonds is 1. The van der Waals surface area contributed by atoms with Crippen LogP contribution in [0.4, 0.5) is 0 Å². The molecule has 0 aromatic carbocycles. The van der Waals surface area contributed by atoms with E-state index in [2.05, 4.69) is 4.74 Å². The molecule has 1 rings (SSSR count). The number of carbonyl (C=O) groups is 1. The quantitative estimate of drug-likeness (QED) is 0.692. The van der Waals surface area contributed by atoms with Crippen LogP contribution in [0.2, 0.25) is 4.34 Å². The van der Waals surface area contributed by atoms with Gasteiger partial charge in [-0.3, -0.25) is 0 Å². The first kappa shape index (κ1) is 8.36. The predicted molar refractivity (Wildman–Crippen MR) is 42.3 cm³/mol. The summed E-state index contributed by atoms with van der Waals surface area (Å²) in [5.41, 5.74) is 0. The Balaban J connectivity index is 3.03. The molecular formula is C6H5ClO3S. The van der Waals surface area contributed by atoms with Gasteiger partial charge in [-0.25, -0.2) is 4.79 Å². The summed E-state index contributed by atoms with van der Waals surface area (Å²) in [6.45, 7) is 0. The van der Waals surface area contributed by atoms with Gasteiger partial charge >= 0.3 is 5.97 Å². The van der Waals surface area contributed by atoms with Crippen molar-refractivity contribution in [3.8, 4) is 5.75 Å². The van der Waals surface area contributed by atoms with Gasteiger partial charge < -0.3 is 9.84 Å². The summed E-state index contributed by atoms with van der Waals surface area (Å²) < 4.78 is 4.75. The van der Waals surface area contributed by atoms with Gasteiger partial charge in [0.15, 0.2) is 4.88 Å². The molecule has 5 heteroatoms. The standard InChI is InChI=1S/C6H5ClO3S/c1-10-6(9)5-3(8)2-4(7)11-5/h2,8H,1H3. The van der Waals surface area contributed by atoms with Gasteiger partial charge in [0.2, 0.25) is 0 Å². The van der Waals surface area contributed by atoms with E-state index in [9.17, 15) is 4.79 Å². The highest BCUT2D eigenvalue weighted by Gasteiger charge is 2.14. The monoisotopic (exact) mass is 192 g/mol. The molecule has 0 bridgehead atoms. The Hall–Kier alpha value is -0.740. The molecule has 11 heavy (non-hydrogen) atoms. The highest BCUT2D eigenvalue weighted by molar-refractivity contribution is 7.18. The summed E-state index contributed by atoms with van der Waals surface area (Å²) in [6.07, 6.45) is 0. The number of ether oxygens (including phenoxy) is 1. The molecule has 0 radical (unpaired) electrons. The lowest BCUT2D eigenvalue weighted by atomic mass is 10.4. The molecule has 1 N–H and O–H groups in total. The fourth-order valence-electron chi connectivity index (χ4n) is 0.591. The van der Waals surface area contributed by atoms with E-state index >= 15 is 0 Å². The van der Waals surface area contributed by atoms with Crippen molar-refractivity contribution in [1.29, 1.82) is 0 Å². The first-order valence-electron chi connectivity index (χ1n) is 2.71. The van der Waals surface area contributed by atoms with Crippen LogP contribution in [0.15, 0.2) is 6.07 Å². The molecule has 0 aliphatic rings. The second-order valence-corrected chi connectivity index (χ2v) is 3.44.